The molecule has 31 heavy (non-hydrogen) atoms. The van der Waals surface area contributed by atoms with Gasteiger partial charge in [-0.15, -0.1) is 11.3 Å². The molecule has 2 aromatic heterocycles. The molecule has 1 aromatic carbocycles. The van der Waals surface area contributed by atoms with E-state index < -0.39 is 15.9 Å². The lowest BCUT2D eigenvalue weighted by Gasteiger charge is -2.14. The second-order valence-corrected chi connectivity index (χ2v) is 11.0. The maximum absolute atomic E-state index is 12.5. The van der Waals surface area contributed by atoms with Gasteiger partial charge in [0, 0.05) is 19.0 Å². The molecule has 2 heterocycles. The fourth-order valence-electron chi connectivity index (χ4n) is 3.46. The first-order chi connectivity index (χ1) is 14.8. The van der Waals surface area contributed by atoms with E-state index in [9.17, 15) is 13.2 Å². The van der Waals surface area contributed by atoms with Crippen molar-refractivity contribution in [1.29, 1.82) is 0 Å². The van der Waals surface area contributed by atoms with Gasteiger partial charge in [-0.3, -0.25) is 4.79 Å². The number of sulfonamides is 1. The van der Waals surface area contributed by atoms with Crippen LogP contribution in [0, 0.1) is 0 Å². The smallest absolute Gasteiger partial charge is 0.262 e. The first kappa shape index (κ1) is 21.9. The Morgan fingerprint density at radius 3 is 2.81 bits per heavy atom. The zero-order chi connectivity index (χ0) is 22.2. The number of aromatic nitrogens is 2. The summed E-state index contributed by atoms with van der Waals surface area (Å²) in [5.41, 5.74) is 1.41. The highest BCUT2D eigenvalue weighted by Gasteiger charge is 2.22. The van der Waals surface area contributed by atoms with E-state index in [1.54, 1.807) is 11.3 Å². The molecule has 0 saturated carbocycles. The number of fused-ring (bicyclic) bond motifs is 3. The molecular formula is C20H21ClN4O4S2. The van der Waals surface area contributed by atoms with Gasteiger partial charge in [0.25, 0.3) is 5.91 Å². The Hall–Kier alpha value is -2.27. The van der Waals surface area contributed by atoms with Crippen LogP contribution in [0.15, 0.2) is 29.4 Å². The predicted molar refractivity (Wildman–Crippen MR) is 121 cm³/mol. The van der Waals surface area contributed by atoms with E-state index in [0.29, 0.717) is 5.88 Å². The summed E-state index contributed by atoms with van der Waals surface area (Å²) in [5.74, 6) is -0.0910. The third kappa shape index (κ3) is 4.38. The van der Waals surface area contributed by atoms with Crippen LogP contribution in [-0.2, 0) is 27.7 Å². The van der Waals surface area contributed by atoms with Gasteiger partial charge >= 0.3 is 0 Å². The predicted octanol–water partition coefficient (Wildman–Crippen LogP) is 3.49. The summed E-state index contributed by atoms with van der Waals surface area (Å²) >= 11 is 7.80. The molecule has 11 heteroatoms. The van der Waals surface area contributed by atoms with E-state index in [2.05, 4.69) is 15.3 Å². The Kier molecular flexibility index (Phi) is 6.16. The average Bonchev–Trinajstić information content (AvgIpc) is 3.13. The molecule has 4 rings (SSSR count). The number of ether oxygens (including phenoxy) is 1. The van der Waals surface area contributed by atoms with Crippen molar-refractivity contribution in [3.63, 3.8) is 0 Å². The van der Waals surface area contributed by atoms with Gasteiger partial charge in [0.05, 0.1) is 21.0 Å². The molecule has 0 radical (unpaired) electrons. The van der Waals surface area contributed by atoms with Crippen molar-refractivity contribution < 1.29 is 17.9 Å². The van der Waals surface area contributed by atoms with Gasteiger partial charge in [0.15, 0.2) is 6.61 Å². The van der Waals surface area contributed by atoms with Crippen LogP contribution in [-0.4, -0.2) is 49.3 Å². The minimum Gasteiger partial charge on any atom is -0.467 e. The van der Waals surface area contributed by atoms with Crippen molar-refractivity contribution in [2.75, 3.05) is 26.0 Å². The Morgan fingerprint density at radius 1 is 1.26 bits per heavy atom. The normalized spacial score (nSPS) is 13.9. The standard InChI is InChI=1S/C20H21ClN4O4S2/c1-25(2)31(27,28)12-7-8-14(21)15(9-12)24-17(26)10-29-19-18-13-5-3-4-6-16(13)30-20(18)23-11-22-19/h7-9,11H,3-6,10H2,1-2H3,(H,24,26). The summed E-state index contributed by atoms with van der Waals surface area (Å²) in [6, 6.07) is 4.15. The number of nitrogens with zero attached hydrogens (tertiary/aromatic N) is 3. The number of hydrogen-bond acceptors (Lipinski definition) is 7. The molecule has 0 unspecified atom stereocenters. The summed E-state index contributed by atoms with van der Waals surface area (Å²) in [5, 5.41) is 3.72. The number of rotatable bonds is 6. The fraction of sp³-hybridized carbons (Fsp3) is 0.350. The Labute approximate surface area is 189 Å². The van der Waals surface area contributed by atoms with E-state index in [0.717, 1.165) is 40.2 Å². The highest BCUT2D eigenvalue weighted by molar-refractivity contribution is 7.89. The van der Waals surface area contributed by atoms with Crippen LogP contribution in [0.4, 0.5) is 5.69 Å². The highest BCUT2D eigenvalue weighted by Crippen LogP contribution is 2.39. The van der Waals surface area contributed by atoms with Crippen molar-refractivity contribution in [3.8, 4) is 5.88 Å². The number of aryl methyl sites for hydroxylation is 2. The van der Waals surface area contributed by atoms with Gasteiger partial charge in [0.1, 0.15) is 11.2 Å². The van der Waals surface area contributed by atoms with Crippen molar-refractivity contribution in [3.05, 3.63) is 40.0 Å². The molecule has 0 saturated heterocycles. The van der Waals surface area contributed by atoms with Crippen molar-refractivity contribution >= 4 is 54.8 Å². The van der Waals surface area contributed by atoms with E-state index in [4.69, 9.17) is 16.3 Å². The number of nitrogens with one attached hydrogen (secondary N) is 1. The van der Waals surface area contributed by atoms with Gasteiger partial charge < -0.3 is 10.1 Å². The minimum absolute atomic E-state index is 0.0283. The topological polar surface area (TPSA) is 101 Å². The molecule has 3 aromatic rings. The second-order valence-electron chi connectivity index (χ2n) is 7.34. The third-order valence-electron chi connectivity index (χ3n) is 5.05. The molecule has 0 fully saturated rings. The van der Waals surface area contributed by atoms with Crippen molar-refractivity contribution in [1.82, 2.24) is 14.3 Å². The molecule has 164 valence electrons. The molecule has 0 bridgehead atoms. The van der Waals surface area contributed by atoms with E-state index >= 15 is 0 Å². The van der Waals surface area contributed by atoms with Crippen LogP contribution in [0.1, 0.15) is 23.3 Å². The SMILES string of the molecule is CN(C)S(=O)(=O)c1ccc(Cl)c(NC(=O)COc2ncnc3sc4c(c23)CCCC4)c1. The van der Waals surface area contributed by atoms with Crippen molar-refractivity contribution in [2.45, 2.75) is 30.6 Å². The zero-order valence-electron chi connectivity index (χ0n) is 17.0. The van der Waals surface area contributed by atoms with Gasteiger partial charge in [-0.25, -0.2) is 22.7 Å². The number of halogens is 1. The summed E-state index contributed by atoms with van der Waals surface area (Å²) in [6.45, 7) is -0.294. The first-order valence-electron chi connectivity index (χ1n) is 9.67. The fourth-order valence-corrected chi connectivity index (χ4v) is 5.78. The summed E-state index contributed by atoms with van der Waals surface area (Å²) in [4.78, 5) is 23.3. The van der Waals surface area contributed by atoms with Gasteiger partial charge in [-0.05, 0) is 49.4 Å². The molecule has 1 aliphatic carbocycles. The largest absolute Gasteiger partial charge is 0.467 e. The molecule has 0 aliphatic heterocycles. The number of anilines is 1. The molecule has 0 atom stereocenters. The van der Waals surface area contributed by atoms with Crippen LogP contribution in [0.3, 0.4) is 0 Å². The number of amides is 1. The molecular weight excluding hydrogens is 460 g/mol. The Morgan fingerprint density at radius 2 is 2.03 bits per heavy atom. The van der Waals surface area contributed by atoms with Crippen molar-refractivity contribution in [2.24, 2.45) is 0 Å². The molecule has 1 N–H and O–H groups in total. The number of thiophene rings is 1. The Balaban J connectivity index is 1.51. The van der Waals surface area contributed by atoms with E-state index in [1.165, 1.54) is 49.1 Å². The Bertz CT molecular complexity index is 1260. The molecule has 8 nitrogen and oxygen atoms in total. The summed E-state index contributed by atoms with van der Waals surface area (Å²) in [6.07, 6.45) is 5.69. The molecule has 1 aliphatic rings. The molecule has 0 spiro atoms. The van der Waals surface area contributed by atoms with Gasteiger partial charge in [-0.2, -0.15) is 0 Å². The number of benzene rings is 1. The van der Waals surface area contributed by atoms with Crippen LogP contribution >= 0.6 is 22.9 Å². The number of hydrogen-bond donors (Lipinski definition) is 1. The van der Waals surface area contributed by atoms with Gasteiger partial charge in [-0.1, -0.05) is 11.6 Å². The summed E-state index contributed by atoms with van der Waals surface area (Å²) < 4.78 is 31.5. The first-order valence-corrected chi connectivity index (χ1v) is 12.3. The third-order valence-corrected chi connectivity index (χ3v) is 8.39. The van der Waals surface area contributed by atoms with Crippen LogP contribution in [0.25, 0.3) is 10.2 Å². The number of carbonyl (C=O) groups excluding carboxylic acids is 1. The van der Waals surface area contributed by atoms with Gasteiger partial charge in [0.2, 0.25) is 15.9 Å². The lowest BCUT2D eigenvalue weighted by atomic mass is 9.97. The maximum Gasteiger partial charge on any atom is 0.262 e. The minimum atomic E-state index is -3.66. The zero-order valence-corrected chi connectivity index (χ0v) is 19.4. The second kappa shape index (κ2) is 8.70. The number of carbonyl (C=O) groups is 1. The van der Waals surface area contributed by atoms with Crippen LogP contribution in [0.2, 0.25) is 5.02 Å². The van der Waals surface area contributed by atoms with E-state index in [-0.39, 0.29) is 22.2 Å². The monoisotopic (exact) mass is 480 g/mol. The lowest BCUT2D eigenvalue weighted by molar-refractivity contribution is -0.118. The van der Waals surface area contributed by atoms with Crippen LogP contribution < -0.4 is 10.1 Å². The molecule has 1 amide bonds. The summed E-state index contributed by atoms with van der Waals surface area (Å²) in [7, 11) is -0.793. The average molecular weight is 481 g/mol. The highest BCUT2D eigenvalue weighted by atomic mass is 35.5. The maximum atomic E-state index is 12.5. The van der Waals surface area contributed by atoms with E-state index in [1.807, 2.05) is 0 Å². The lowest BCUT2D eigenvalue weighted by Crippen LogP contribution is -2.23. The quantitative estimate of drug-likeness (QED) is 0.579. The van der Waals surface area contributed by atoms with Crippen LogP contribution in [0.5, 0.6) is 5.88 Å².